The Morgan fingerprint density at radius 1 is 1.08 bits per heavy atom. The van der Waals surface area contributed by atoms with Crippen LogP contribution in [0.25, 0.3) is 0 Å². The van der Waals surface area contributed by atoms with Gasteiger partial charge in [-0.25, -0.2) is 4.79 Å². The SMILES string of the molecule is CC(C)(C)OC(=O)N1C[C@H](O[Si](C)(C)C(C)(C)C)C[C@H]1C[C@@H]1C[C@H]2CO[C@H](c3ccccc3)N2C1=O. The van der Waals surface area contributed by atoms with Crippen LogP contribution in [0.5, 0.6) is 0 Å². The van der Waals surface area contributed by atoms with Crippen LogP contribution in [0.3, 0.4) is 0 Å². The Hall–Kier alpha value is -1.90. The van der Waals surface area contributed by atoms with Crippen molar-refractivity contribution in [2.24, 2.45) is 5.92 Å². The molecule has 1 aromatic rings. The van der Waals surface area contributed by atoms with Gasteiger partial charge in [0.25, 0.3) is 0 Å². The lowest BCUT2D eigenvalue weighted by Crippen LogP contribution is -2.45. The second-order valence-corrected chi connectivity index (χ2v) is 17.9. The van der Waals surface area contributed by atoms with E-state index in [9.17, 15) is 9.59 Å². The first kappa shape index (κ1) is 27.1. The Bertz CT molecular complexity index is 955. The molecule has 3 aliphatic heterocycles. The van der Waals surface area contributed by atoms with Gasteiger partial charge in [-0.3, -0.25) is 4.79 Å². The molecular weight excluding hydrogens is 472 g/mol. The first-order chi connectivity index (χ1) is 16.7. The largest absolute Gasteiger partial charge is 0.444 e. The number of ether oxygens (including phenoxy) is 2. The molecule has 3 heterocycles. The standard InChI is InChI=1S/C28H44N2O5Si/c1-27(2,3)34-26(32)29-17-23(35-36(7,8)28(4,5)6)16-21(29)14-20-15-22-18-33-25(30(22)24(20)31)19-12-10-9-11-13-19/h9-13,20-23,25H,14-18H2,1-8H3/t20-,21-,22+,23-,25-/m1/s1. The zero-order valence-electron chi connectivity index (χ0n) is 23.2. The molecule has 3 saturated heterocycles. The average molecular weight is 517 g/mol. The lowest BCUT2D eigenvalue weighted by atomic mass is 9.95. The van der Waals surface area contributed by atoms with Crippen LogP contribution in [0.15, 0.2) is 30.3 Å². The second kappa shape index (κ2) is 9.76. The zero-order valence-corrected chi connectivity index (χ0v) is 24.2. The van der Waals surface area contributed by atoms with Crippen molar-refractivity contribution in [2.75, 3.05) is 13.2 Å². The Kier molecular flexibility index (Phi) is 7.36. The highest BCUT2D eigenvalue weighted by Gasteiger charge is 2.51. The van der Waals surface area contributed by atoms with Crippen molar-refractivity contribution in [1.82, 2.24) is 9.80 Å². The minimum absolute atomic E-state index is 0.0416. The third-order valence-corrected chi connectivity index (χ3v) is 12.7. The second-order valence-electron chi connectivity index (χ2n) is 13.2. The molecule has 0 N–H and O–H groups in total. The predicted octanol–water partition coefficient (Wildman–Crippen LogP) is 5.72. The normalized spacial score (nSPS) is 29.1. The summed E-state index contributed by atoms with van der Waals surface area (Å²) in [6.45, 7) is 17.9. The van der Waals surface area contributed by atoms with E-state index < -0.39 is 13.9 Å². The van der Waals surface area contributed by atoms with Gasteiger partial charge in [-0.2, -0.15) is 0 Å². The number of hydrogen-bond donors (Lipinski definition) is 0. The summed E-state index contributed by atoms with van der Waals surface area (Å²) in [5.74, 6) is -0.00377. The Morgan fingerprint density at radius 3 is 2.36 bits per heavy atom. The molecule has 3 fully saturated rings. The highest BCUT2D eigenvalue weighted by molar-refractivity contribution is 6.74. The lowest BCUT2D eigenvalue weighted by Gasteiger charge is -2.38. The summed E-state index contributed by atoms with van der Waals surface area (Å²) >= 11 is 0. The van der Waals surface area contributed by atoms with E-state index in [4.69, 9.17) is 13.9 Å². The fourth-order valence-electron chi connectivity index (χ4n) is 5.39. The molecule has 0 radical (unpaired) electrons. The van der Waals surface area contributed by atoms with Gasteiger partial charge in [0.15, 0.2) is 14.5 Å². The molecule has 0 aromatic heterocycles. The molecule has 4 rings (SSSR count). The number of fused-ring (bicyclic) bond motifs is 1. The van der Waals surface area contributed by atoms with Crippen molar-refractivity contribution in [3.8, 4) is 0 Å². The van der Waals surface area contributed by atoms with Crippen LogP contribution in [0, 0.1) is 5.92 Å². The van der Waals surface area contributed by atoms with E-state index in [2.05, 4.69) is 33.9 Å². The summed E-state index contributed by atoms with van der Waals surface area (Å²) < 4.78 is 18.5. The molecule has 2 amide bonds. The number of amides is 2. The maximum absolute atomic E-state index is 13.6. The summed E-state index contributed by atoms with van der Waals surface area (Å²) in [6.07, 6.45) is 1.44. The van der Waals surface area contributed by atoms with Crippen LogP contribution in [-0.4, -0.2) is 67.1 Å². The summed E-state index contributed by atoms with van der Waals surface area (Å²) in [4.78, 5) is 30.6. The zero-order chi connectivity index (χ0) is 26.5. The van der Waals surface area contributed by atoms with Gasteiger partial charge in [0.05, 0.1) is 18.8 Å². The highest BCUT2D eigenvalue weighted by atomic mass is 28.4. The van der Waals surface area contributed by atoms with Crippen LogP contribution >= 0.6 is 0 Å². The molecule has 0 bridgehead atoms. The Morgan fingerprint density at radius 2 is 1.75 bits per heavy atom. The van der Waals surface area contributed by atoms with Crippen molar-refractivity contribution in [3.05, 3.63) is 35.9 Å². The van der Waals surface area contributed by atoms with Crippen molar-refractivity contribution in [3.63, 3.8) is 0 Å². The maximum Gasteiger partial charge on any atom is 0.410 e. The summed E-state index contributed by atoms with van der Waals surface area (Å²) in [7, 11) is -2.00. The van der Waals surface area contributed by atoms with Crippen LogP contribution in [0.4, 0.5) is 4.79 Å². The molecule has 0 unspecified atom stereocenters. The van der Waals surface area contributed by atoms with Gasteiger partial charge in [-0.1, -0.05) is 51.1 Å². The van der Waals surface area contributed by atoms with Crippen molar-refractivity contribution in [1.29, 1.82) is 0 Å². The van der Waals surface area contributed by atoms with Crippen LogP contribution in [-0.2, 0) is 18.7 Å². The molecule has 5 atom stereocenters. The van der Waals surface area contributed by atoms with Gasteiger partial charge in [0, 0.05) is 24.1 Å². The quantitative estimate of drug-likeness (QED) is 0.468. The van der Waals surface area contributed by atoms with Crippen LogP contribution in [0.2, 0.25) is 18.1 Å². The number of nitrogens with zero attached hydrogens (tertiary/aromatic N) is 2. The van der Waals surface area contributed by atoms with E-state index in [1.165, 1.54) is 0 Å². The van der Waals surface area contributed by atoms with E-state index in [-0.39, 0.29) is 47.4 Å². The first-order valence-electron chi connectivity index (χ1n) is 13.3. The van der Waals surface area contributed by atoms with Crippen LogP contribution in [0.1, 0.15) is 72.6 Å². The molecule has 7 nitrogen and oxygen atoms in total. The maximum atomic E-state index is 13.6. The Balaban J connectivity index is 1.49. The number of benzene rings is 1. The van der Waals surface area contributed by atoms with E-state index >= 15 is 0 Å². The average Bonchev–Trinajstić information content (AvgIpc) is 3.42. The molecular formula is C28H44N2O5Si. The molecule has 200 valence electrons. The van der Waals surface area contributed by atoms with Gasteiger partial charge in [0.2, 0.25) is 5.91 Å². The van der Waals surface area contributed by atoms with Crippen molar-refractivity contribution in [2.45, 2.75) is 109 Å². The highest BCUT2D eigenvalue weighted by Crippen LogP contribution is 2.43. The minimum Gasteiger partial charge on any atom is -0.444 e. The molecule has 3 aliphatic rings. The van der Waals surface area contributed by atoms with Crippen LogP contribution < -0.4 is 0 Å². The van der Waals surface area contributed by atoms with Gasteiger partial charge in [0.1, 0.15) is 5.60 Å². The summed E-state index contributed by atoms with van der Waals surface area (Å²) in [6, 6.07) is 9.95. The van der Waals surface area contributed by atoms with Gasteiger partial charge in [-0.05, 0) is 58.2 Å². The van der Waals surface area contributed by atoms with Crippen molar-refractivity contribution < 1.29 is 23.5 Å². The molecule has 1 aromatic carbocycles. The van der Waals surface area contributed by atoms with E-state index in [0.717, 1.165) is 18.4 Å². The number of likely N-dealkylation sites (tertiary alicyclic amines) is 1. The van der Waals surface area contributed by atoms with E-state index in [0.29, 0.717) is 19.6 Å². The van der Waals surface area contributed by atoms with E-state index in [1.54, 1.807) is 0 Å². The van der Waals surface area contributed by atoms with Gasteiger partial charge in [-0.15, -0.1) is 0 Å². The fourth-order valence-corrected chi connectivity index (χ4v) is 6.75. The fraction of sp³-hybridized carbons (Fsp3) is 0.714. The monoisotopic (exact) mass is 516 g/mol. The molecule has 0 spiro atoms. The van der Waals surface area contributed by atoms with Crippen molar-refractivity contribution >= 4 is 20.3 Å². The number of carbonyl (C=O) groups is 2. The molecule has 0 aliphatic carbocycles. The molecule has 8 heteroatoms. The number of carbonyl (C=O) groups excluding carboxylic acids is 2. The third kappa shape index (κ3) is 5.65. The lowest BCUT2D eigenvalue weighted by molar-refractivity contribution is -0.137. The van der Waals surface area contributed by atoms with Gasteiger partial charge >= 0.3 is 6.09 Å². The smallest absolute Gasteiger partial charge is 0.410 e. The third-order valence-electron chi connectivity index (χ3n) is 8.17. The minimum atomic E-state index is -2.00. The summed E-state index contributed by atoms with van der Waals surface area (Å²) in [5, 5.41) is 0.0838. The predicted molar refractivity (Wildman–Crippen MR) is 142 cm³/mol. The first-order valence-corrected chi connectivity index (χ1v) is 16.2. The van der Waals surface area contributed by atoms with E-state index in [1.807, 2.05) is 60.9 Å². The topological polar surface area (TPSA) is 68.3 Å². The summed E-state index contributed by atoms with van der Waals surface area (Å²) in [5.41, 5.74) is 0.430. The molecule has 36 heavy (non-hydrogen) atoms. The Labute approximate surface area is 217 Å². The number of rotatable bonds is 5. The van der Waals surface area contributed by atoms with Gasteiger partial charge < -0.3 is 23.7 Å². The molecule has 0 saturated carbocycles. The number of hydrogen-bond acceptors (Lipinski definition) is 5.